The van der Waals surface area contributed by atoms with Crippen molar-refractivity contribution < 1.29 is 0 Å². The van der Waals surface area contributed by atoms with E-state index in [1.165, 1.54) is 31.4 Å². The molecule has 2 nitrogen and oxygen atoms in total. The van der Waals surface area contributed by atoms with Crippen molar-refractivity contribution in [2.24, 2.45) is 0 Å². The van der Waals surface area contributed by atoms with Gasteiger partial charge in [-0.15, -0.1) is 0 Å². The summed E-state index contributed by atoms with van der Waals surface area (Å²) in [7, 11) is 2.23. The highest BCUT2D eigenvalue weighted by Crippen LogP contribution is 2.22. The Morgan fingerprint density at radius 2 is 2.44 bits per heavy atom. The SMILES string of the molecule is CC(c1ccsc1)N(C)CC1CCCCN1. The Balaban J connectivity index is 1.84. The van der Waals surface area contributed by atoms with E-state index in [4.69, 9.17) is 0 Å². The minimum atomic E-state index is 0.537. The van der Waals surface area contributed by atoms with Gasteiger partial charge in [0.2, 0.25) is 0 Å². The minimum Gasteiger partial charge on any atom is -0.313 e. The molecular weight excluding hydrogens is 216 g/mol. The number of nitrogens with zero attached hydrogens (tertiary/aromatic N) is 1. The van der Waals surface area contributed by atoms with E-state index < -0.39 is 0 Å². The second-order valence-corrected chi connectivity index (χ2v) is 5.60. The first-order chi connectivity index (χ1) is 7.77. The fraction of sp³-hybridized carbons (Fsp3) is 0.692. The number of likely N-dealkylation sites (N-methyl/N-ethyl adjacent to an activating group) is 1. The molecule has 0 saturated carbocycles. The lowest BCUT2D eigenvalue weighted by Crippen LogP contribution is -2.43. The van der Waals surface area contributed by atoms with Gasteiger partial charge < -0.3 is 5.32 Å². The molecule has 2 heterocycles. The zero-order chi connectivity index (χ0) is 11.4. The van der Waals surface area contributed by atoms with E-state index in [0.29, 0.717) is 12.1 Å². The molecule has 2 unspecified atom stereocenters. The first kappa shape index (κ1) is 12.1. The van der Waals surface area contributed by atoms with Crippen molar-refractivity contribution in [2.75, 3.05) is 20.1 Å². The van der Waals surface area contributed by atoms with E-state index in [0.717, 1.165) is 6.54 Å². The Morgan fingerprint density at radius 1 is 1.56 bits per heavy atom. The Morgan fingerprint density at radius 3 is 3.06 bits per heavy atom. The van der Waals surface area contributed by atoms with Crippen LogP contribution in [0.2, 0.25) is 0 Å². The molecular formula is C13H22N2S. The molecule has 3 heteroatoms. The van der Waals surface area contributed by atoms with Gasteiger partial charge in [0.25, 0.3) is 0 Å². The van der Waals surface area contributed by atoms with Crippen molar-refractivity contribution in [3.63, 3.8) is 0 Å². The van der Waals surface area contributed by atoms with Crippen LogP contribution in [0.4, 0.5) is 0 Å². The highest BCUT2D eigenvalue weighted by molar-refractivity contribution is 7.07. The summed E-state index contributed by atoms with van der Waals surface area (Å²) in [6, 6.07) is 3.47. The predicted octanol–water partition coefficient (Wildman–Crippen LogP) is 2.88. The summed E-state index contributed by atoms with van der Waals surface area (Å²) in [6.07, 6.45) is 4.07. The molecule has 0 spiro atoms. The molecule has 0 amide bonds. The van der Waals surface area contributed by atoms with Gasteiger partial charge in [-0.2, -0.15) is 11.3 Å². The topological polar surface area (TPSA) is 15.3 Å². The summed E-state index contributed by atoms with van der Waals surface area (Å²) in [4.78, 5) is 2.46. The van der Waals surface area contributed by atoms with Crippen LogP contribution in [-0.2, 0) is 0 Å². The average molecular weight is 238 g/mol. The molecule has 0 radical (unpaired) electrons. The standard InChI is InChI=1S/C13H22N2S/c1-11(12-6-8-16-10-12)15(2)9-13-5-3-4-7-14-13/h6,8,10-11,13-14H,3-5,7,9H2,1-2H3. The summed E-state index contributed by atoms with van der Waals surface area (Å²) in [5.41, 5.74) is 1.45. The Bertz CT molecular complexity index is 291. The molecule has 1 aliphatic rings. The lowest BCUT2D eigenvalue weighted by Gasteiger charge is -2.31. The number of thiophene rings is 1. The van der Waals surface area contributed by atoms with Crippen LogP contribution in [0, 0.1) is 0 Å². The van der Waals surface area contributed by atoms with Gasteiger partial charge in [-0.1, -0.05) is 6.42 Å². The van der Waals surface area contributed by atoms with Gasteiger partial charge in [-0.05, 0) is 55.7 Å². The van der Waals surface area contributed by atoms with E-state index in [-0.39, 0.29) is 0 Å². The Labute approximate surface area is 103 Å². The van der Waals surface area contributed by atoms with Gasteiger partial charge in [-0.3, -0.25) is 4.90 Å². The molecule has 1 aromatic heterocycles. The van der Waals surface area contributed by atoms with Crippen molar-refractivity contribution >= 4 is 11.3 Å². The smallest absolute Gasteiger partial charge is 0.0325 e. The zero-order valence-corrected chi connectivity index (χ0v) is 11.1. The van der Waals surface area contributed by atoms with Gasteiger partial charge in [0, 0.05) is 18.6 Å². The van der Waals surface area contributed by atoms with E-state index in [1.807, 2.05) is 0 Å². The van der Waals surface area contributed by atoms with Crippen LogP contribution in [0.5, 0.6) is 0 Å². The fourth-order valence-electron chi connectivity index (χ4n) is 2.35. The van der Waals surface area contributed by atoms with E-state index in [1.54, 1.807) is 11.3 Å². The monoisotopic (exact) mass is 238 g/mol. The zero-order valence-electron chi connectivity index (χ0n) is 10.3. The normalized spacial score (nSPS) is 23.6. The lowest BCUT2D eigenvalue weighted by molar-refractivity contribution is 0.215. The van der Waals surface area contributed by atoms with Crippen molar-refractivity contribution in [1.82, 2.24) is 10.2 Å². The van der Waals surface area contributed by atoms with Crippen LogP contribution in [0.1, 0.15) is 37.8 Å². The molecule has 0 aromatic carbocycles. The maximum absolute atomic E-state index is 3.61. The van der Waals surface area contributed by atoms with Crippen molar-refractivity contribution in [1.29, 1.82) is 0 Å². The number of piperidine rings is 1. The lowest BCUT2D eigenvalue weighted by atomic mass is 10.0. The second-order valence-electron chi connectivity index (χ2n) is 4.82. The fourth-order valence-corrected chi connectivity index (χ4v) is 3.10. The van der Waals surface area contributed by atoms with Gasteiger partial charge >= 0.3 is 0 Å². The molecule has 1 aliphatic heterocycles. The molecule has 16 heavy (non-hydrogen) atoms. The number of hydrogen-bond donors (Lipinski definition) is 1. The number of hydrogen-bond acceptors (Lipinski definition) is 3. The quantitative estimate of drug-likeness (QED) is 0.867. The first-order valence-corrected chi connectivity index (χ1v) is 7.17. The van der Waals surface area contributed by atoms with Crippen LogP contribution in [-0.4, -0.2) is 31.1 Å². The number of rotatable bonds is 4. The largest absolute Gasteiger partial charge is 0.313 e. The van der Waals surface area contributed by atoms with E-state index >= 15 is 0 Å². The Hall–Kier alpha value is -0.380. The van der Waals surface area contributed by atoms with E-state index in [9.17, 15) is 0 Å². The predicted molar refractivity (Wildman–Crippen MR) is 71.0 cm³/mol. The molecule has 1 N–H and O–H groups in total. The average Bonchev–Trinajstić information content (AvgIpc) is 2.83. The first-order valence-electron chi connectivity index (χ1n) is 6.23. The van der Waals surface area contributed by atoms with Crippen LogP contribution >= 0.6 is 11.3 Å². The maximum Gasteiger partial charge on any atom is 0.0325 e. The van der Waals surface area contributed by atoms with Crippen molar-refractivity contribution in [2.45, 2.75) is 38.3 Å². The molecule has 1 aromatic rings. The van der Waals surface area contributed by atoms with Crippen LogP contribution in [0.3, 0.4) is 0 Å². The summed E-state index contributed by atoms with van der Waals surface area (Å²) in [5.74, 6) is 0. The van der Waals surface area contributed by atoms with Gasteiger partial charge in [-0.25, -0.2) is 0 Å². The summed E-state index contributed by atoms with van der Waals surface area (Å²) >= 11 is 1.79. The molecule has 1 fully saturated rings. The van der Waals surface area contributed by atoms with Gasteiger partial charge in [0.15, 0.2) is 0 Å². The minimum absolute atomic E-state index is 0.537. The van der Waals surface area contributed by atoms with Crippen LogP contribution in [0.15, 0.2) is 16.8 Å². The molecule has 90 valence electrons. The van der Waals surface area contributed by atoms with Crippen LogP contribution < -0.4 is 5.32 Å². The molecule has 1 saturated heterocycles. The highest BCUT2D eigenvalue weighted by atomic mass is 32.1. The second kappa shape index (κ2) is 5.80. The van der Waals surface area contributed by atoms with Crippen LogP contribution in [0.25, 0.3) is 0 Å². The van der Waals surface area contributed by atoms with Crippen molar-refractivity contribution in [3.8, 4) is 0 Å². The molecule has 0 bridgehead atoms. The third kappa shape index (κ3) is 3.06. The van der Waals surface area contributed by atoms with E-state index in [2.05, 4.69) is 41.0 Å². The highest BCUT2D eigenvalue weighted by Gasteiger charge is 2.18. The molecule has 0 aliphatic carbocycles. The van der Waals surface area contributed by atoms with Gasteiger partial charge in [0.1, 0.15) is 0 Å². The maximum atomic E-state index is 3.61. The van der Waals surface area contributed by atoms with Gasteiger partial charge in [0.05, 0.1) is 0 Å². The number of nitrogens with one attached hydrogen (secondary N) is 1. The third-order valence-electron chi connectivity index (χ3n) is 3.61. The summed E-state index contributed by atoms with van der Waals surface area (Å²) in [5, 5.41) is 8.04. The molecule has 2 rings (SSSR count). The third-order valence-corrected chi connectivity index (χ3v) is 4.31. The summed E-state index contributed by atoms with van der Waals surface area (Å²) in [6.45, 7) is 4.66. The summed E-state index contributed by atoms with van der Waals surface area (Å²) < 4.78 is 0. The van der Waals surface area contributed by atoms with Crippen molar-refractivity contribution in [3.05, 3.63) is 22.4 Å². The molecule has 2 atom stereocenters. The Kier molecular flexibility index (Phi) is 4.38.